The van der Waals surface area contributed by atoms with Crippen LogP contribution in [-0.2, 0) is 10.1 Å². The molecule has 0 bridgehead atoms. The van der Waals surface area contributed by atoms with Crippen molar-refractivity contribution in [1.82, 2.24) is 4.98 Å². The molecular formula is C12H13NO3S. The third kappa shape index (κ3) is 2.94. The zero-order chi connectivity index (χ0) is 12.3. The van der Waals surface area contributed by atoms with E-state index in [4.69, 9.17) is 4.18 Å². The molecular weight excluding hydrogens is 238 g/mol. The van der Waals surface area contributed by atoms with Crippen molar-refractivity contribution in [3.05, 3.63) is 36.4 Å². The lowest BCUT2D eigenvalue weighted by Crippen LogP contribution is -2.13. The van der Waals surface area contributed by atoms with Crippen molar-refractivity contribution < 1.29 is 12.6 Å². The highest BCUT2D eigenvalue weighted by Gasteiger charge is 2.12. The summed E-state index contributed by atoms with van der Waals surface area (Å²) >= 11 is 0. The predicted octanol–water partition coefficient (Wildman–Crippen LogP) is 2.35. The topological polar surface area (TPSA) is 56.3 Å². The molecule has 0 N–H and O–H groups in total. The molecule has 4 nitrogen and oxygen atoms in total. The Balaban J connectivity index is 2.31. The highest BCUT2D eigenvalue weighted by Crippen LogP contribution is 2.17. The number of nitrogens with zero attached hydrogens (tertiary/aromatic N) is 1. The molecule has 0 atom stereocenters. The monoisotopic (exact) mass is 251 g/mol. The number of pyridine rings is 1. The molecule has 5 heteroatoms. The number of aromatic nitrogens is 1. The van der Waals surface area contributed by atoms with Crippen LogP contribution in [0.25, 0.3) is 10.9 Å². The first-order chi connectivity index (χ1) is 8.11. The Labute approximate surface area is 100 Å². The summed E-state index contributed by atoms with van der Waals surface area (Å²) in [4.78, 5) is 4.14. The van der Waals surface area contributed by atoms with E-state index in [1.54, 1.807) is 19.1 Å². The summed E-state index contributed by atoms with van der Waals surface area (Å²) in [6.45, 7) is 1.79. The molecule has 0 amide bonds. The normalized spacial score (nSPS) is 11.6. The van der Waals surface area contributed by atoms with Gasteiger partial charge >= 0.3 is 10.1 Å². The third-order valence-corrected chi connectivity index (χ3v) is 3.57. The molecule has 0 unspecified atom stereocenters. The molecule has 0 radical (unpaired) electrons. The van der Waals surface area contributed by atoms with Crippen molar-refractivity contribution in [3.63, 3.8) is 0 Å². The summed E-state index contributed by atoms with van der Waals surface area (Å²) in [6, 6.07) is 10.8. The number of fused-ring (bicyclic) bond motifs is 1. The summed E-state index contributed by atoms with van der Waals surface area (Å²) in [7, 11) is -3.52. The van der Waals surface area contributed by atoms with Gasteiger partial charge in [-0.15, -0.1) is 0 Å². The highest BCUT2D eigenvalue weighted by molar-refractivity contribution is 7.87. The quantitative estimate of drug-likeness (QED) is 0.783. The van der Waals surface area contributed by atoms with E-state index in [-0.39, 0.29) is 11.6 Å². The second-order valence-corrected chi connectivity index (χ2v) is 5.38. The van der Waals surface area contributed by atoms with E-state index in [0.29, 0.717) is 6.42 Å². The lowest BCUT2D eigenvalue weighted by atomic mass is 10.2. The van der Waals surface area contributed by atoms with Gasteiger partial charge in [-0.25, -0.2) is 4.98 Å². The maximum atomic E-state index is 11.5. The smallest absolute Gasteiger partial charge is 0.310 e. The number of hydrogen-bond acceptors (Lipinski definition) is 4. The highest BCUT2D eigenvalue weighted by atomic mass is 32.2. The second-order valence-electron chi connectivity index (χ2n) is 3.69. The first-order valence-electron chi connectivity index (χ1n) is 5.39. The molecule has 1 aromatic carbocycles. The van der Waals surface area contributed by atoms with Crippen LogP contribution in [0.5, 0.6) is 5.88 Å². The number of para-hydroxylation sites is 1. The molecule has 0 aliphatic carbocycles. The van der Waals surface area contributed by atoms with Gasteiger partial charge in [-0.1, -0.05) is 25.1 Å². The minimum absolute atomic E-state index is 0.00149. The molecule has 0 aliphatic rings. The van der Waals surface area contributed by atoms with Crippen LogP contribution >= 0.6 is 0 Å². The van der Waals surface area contributed by atoms with Crippen LogP contribution in [0.1, 0.15) is 13.3 Å². The largest absolute Gasteiger partial charge is 0.362 e. The van der Waals surface area contributed by atoms with Crippen molar-refractivity contribution in [2.75, 3.05) is 5.75 Å². The summed E-state index contributed by atoms with van der Waals surface area (Å²) in [5.41, 5.74) is 0.719. The second kappa shape index (κ2) is 4.71. The minimum atomic E-state index is -3.52. The standard InChI is InChI=1S/C12H13NO3S/c1-2-9-17(14,15)16-12-8-7-10-5-3-4-6-11(10)13-12/h3-8H,2,9H2,1H3. The van der Waals surface area contributed by atoms with E-state index in [0.717, 1.165) is 10.9 Å². The van der Waals surface area contributed by atoms with Gasteiger partial charge in [0.15, 0.2) is 0 Å². The van der Waals surface area contributed by atoms with Gasteiger partial charge in [-0.2, -0.15) is 8.42 Å². The molecule has 0 saturated heterocycles. The maximum absolute atomic E-state index is 11.5. The predicted molar refractivity (Wildman–Crippen MR) is 66.4 cm³/mol. The fourth-order valence-electron chi connectivity index (χ4n) is 1.52. The lowest BCUT2D eigenvalue weighted by Gasteiger charge is -2.05. The third-order valence-electron chi connectivity index (χ3n) is 2.24. The zero-order valence-corrected chi connectivity index (χ0v) is 10.3. The van der Waals surface area contributed by atoms with Crippen molar-refractivity contribution in [2.24, 2.45) is 0 Å². The number of benzene rings is 1. The average Bonchev–Trinajstić information content (AvgIpc) is 2.28. The zero-order valence-electron chi connectivity index (χ0n) is 9.46. The molecule has 90 valence electrons. The van der Waals surface area contributed by atoms with Gasteiger partial charge < -0.3 is 4.18 Å². The minimum Gasteiger partial charge on any atom is -0.362 e. The van der Waals surface area contributed by atoms with Crippen molar-refractivity contribution in [3.8, 4) is 5.88 Å². The van der Waals surface area contributed by atoms with Crippen LogP contribution in [0, 0.1) is 0 Å². The first-order valence-corrected chi connectivity index (χ1v) is 6.96. The molecule has 1 heterocycles. The maximum Gasteiger partial charge on any atom is 0.310 e. The Hall–Kier alpha value is -1.62. The molecule has 2 rings (SSSR count). The molecule has 17 heavy (non-hydrogen) atoms. The van der Waals surface area contributed by atoms with E-state index < -0.39 is 10.1 Å². The SMILES string of the molecule is CCCS(=O)(=O)Oc1ccc2ccccc2n1. The van der Waals surface area contributed by atoms with E-state index in [2.05, 4.69) is 4.98 Å². The van der Waals surface area contributed by atoms with Gasteiger partial charge in [-0.05, 0) is 18.6 Å². The Morgan fingerprint density at radius 1 is 1.18 bits per heavy atom. The van der Waals surface area contributed by atoms with Crippen LogP contribution in [0.3, 0.4) is 0 Å². The van der Waals surface area contributed by atoms with E-state index in [1.165, 1.54) is 0 Å². The van der Waals surface area contributed by atoms with Gasteiger partial charge in [0.05, 0.1) is 11.3 Å². The van der Waals surface area contributed by atoms with Gasteiger partial charge in [0.1, 0.15) is 0 Å². The van der Waals surface area contributed by atoms with Crippen molar-refractivity contribution in [1.29, 1.82) is 0 Å². The molecule has 0 aliphatic heterocycles. The van der Waals surface area contributed by atoms with Gasteiger partial charge in [0.25, 0.3) is 0 Å². The lowest BCUT2D eigenvalue weighted by molar-refractivity contribution is 0.476. The van der Waals surface area contributed by atoms with Crippen LogP contribution in [0.2, 0.25) is 0 Å². The molecule has 2 aromatic rings. The Bertz CT molecular complexity index is 622. The van der Waals surface area contributed by atoms with Crippen LogP contribution in [-0.4, -0.2) is 19.2 Å². The number of hydrogen-bond donors (Lipinski definition) is 0. The van der Waals surface area contributed by atoms with Crippen LogP contribution < -0.4 is 4.18 Å². The van der Waals surface area contributed by atoms with E-state index in [9.17, 15) is 8.42 Å². The fourth-order valence-corrected chi connectivity index (χ4v) is 2.45. The number of rotatable bonds is 4. The van der Waals surface area contributed by atoms with Crippen molar-refractivity contribution >= 4 is 21.0 Å². The molecule has 1 aromatic heterocycles. The summed E-state index contributed by atoms with van der Waals surface area (Å²) in [5, 5.41) is 0.952. The van der Waals surface area contributed by atoms with Gasteiger partial charge in [0, 0.05) is 11.5 Å². The Morgan fingerprint density at radius 3 is 2.71 bits per heavy atom. The van der Waals surface area contributed by atoms with Crippen molar-refractivity contribution in [2.45, 2.75) is 13.3 Å². The van der Waals surface area contributed by atoms with Gasteiger partial charge in [0.2, 0.25) is 5.88 Å². The molecule has 0 saturated carbocycles. The Morgan fingerprint density at radius 2 is 1.94 bits per heavy atom. The Kier molecular flexibility index (Phi) is 3.28. The van der Waals surface area contributed by atoms with E-state index in [1.807, 2.05) is 24.3 Å². The van der Waals surface area contributed by atoms with Crippen LogP contribution in [0.4, 0.5) is 0 Å². The molecule has 0 spiro atoms. The first kappa shape index (κ1) is 11.9. The molecule has 0 fully saturated rings. The fraction of sp³-hybridized carbons (Fsp3) is 0.250. The summed E-state index contributed by atoms with van der Waals surface area (Å²) < 4.78 is 27.9. The van der Waals surface area contributed by atoms with E-state index >= 15 is 0 Å². The van der Waals surface area contributed by atoms with Gasteiger partial charge in [-0.3, -0.25) is 0 Å². The summed E-state index contributed by atoms with van der Waals surface area (Å²) in [5.74, 6) is 0.124. The average molecular weight is 251 g/mol. The summed E-state index contributed by atoms with van der Waals surface area (Å²) in [6.07, 6.45) is 0.524. The van der Waals surface area contributed by atoms with Crippen LogP contribution in [0.15, 0.2) is 36.4 Å².